The van der Waals surface area contributed by atoms with E-state index in [1.54, 1.807) is 18.3 Å². The van der Waals surface area contributed by atoms with Crippen molar-refractivity contribution >= 4 is 9.84 Å². The van der Waals surface area contributed by atoms with Crippen LogP contribution >= 0.6 is 0 Å². The fourth-order valence-corrected chi connectivity index (χ4v) is 2.58. The van der Waals surface area contributed by atoms with Crippen LogP contribution in [-0.2, 0) is 29.9 Å². The second kappa shape index (κ2) is 6.19. The van der Waals surface area contributed by atoms with Crippen LogP contribution in [0.1, 0.15) is 11.3 Å². The van der Waals surface area contributed by atoms with Crippen LogP contribution in [0.2, 0.25) is 0 Å². The third-order valence-electron chi connectivity index (χ3n) is 3.16. The molecule has 0 aliphatic rings. The summed E-state index contributed by atoms with van der Waals surface area (Å²) in [5.41, 5.74) is 2.26. The van der Waals surface area contributed by atoms with E-state index in [1.165, 1.54) is 11.9 Å². The summed E-state index contributed by atoms with van der Waals surface area (Å²) >= 11 is 0. The Labute approximate surface area is 119 Å². The SMILES string of the molecule is Cn1nccc1CCNCc1ccc(S(C)(=O)=O)cc1. The predicted molar refractivity (Wildman–Crippen MR) is 78.2 cm³/mol. The second-order valence-corrected chi connectivity index (χ2v) is 6.80. The zero-order valence-corrected chi connectivity index (χ0v) is 12.5. The van der Waals surface area contributed by atoms with Crippen molar-refractivity contribution in [2.45, 2.75) is 17.9 Å². The summed E-state index contributed by atoms with van der Waals surface area (Å²) in [6, 6.07) is 8.98. The Morgan fingerprint density at radius 3 is 2.45 bits per heavy atom. The Kier molecular flexibility index (Phi) is 4.57. The van der Waals surface area contributed by atoms with Gasteiger partial charge in [0.15, 0.2) is 9.84 Å². The zero-order chi connectivity index (χ0) is 14.6. The van der Waals surface area contributed by atoms with Gasteiger partial charge in [-0.15, -0.1) is 0 Å². The topological polar surface area (TPSA) is 64.0 Å². The molecule has 0 atom stereocenters. The highest BCUT2D eigenvalue weighted by Gasteiger charge is 2.05. The van der Waals surface area contributed by atoms with Gasteiger partial charge in [0.25, 0.3) is 0 Å². The van der Waals surface area contributed by atoms with Crippen molar-refractivity contribution in [2.75, 3.05) is 12.8 Å². The minimum absolute atomic E-state index is 0.358. The summed E-state index contributed by atoms with van der Waals surface area (Å²) in [4.78, 5) is 0.358. The van der Waals surface area contributed by atoms with Crippen molar-refractivity contribution in [1.82, 2.24) is 15.1 Å². The molecule has 0 saturated heterocycles. The molecule has 1 aromatic carbocycles. The summed E-state index contributed by atoms with van der Waals surface area (Å²) < 4.78 is 24.6. The molecule has 0 aliphatic heterocycles. The minimum atomic E-state index is -3.11. The molecule has 1 heterocycles. The van der Waals surface area contributed by atoms with E-state index in [-0.39, 0.29) is 0 Å². The van der Waals surface area contributed by atoms with Crippen LogP contribution in [0, 0.1) is 0 Å². The molecule has 5 nitrogen and oxygen atoms in total. The number of benzene rings is 1. The average molecular weight is 293 g/mol. The Morgan fingerprint density at radius 1 is 1.20 bits per heavy atom. The molecule has 108 valence electrons. The van der Waals surface area contributed by atoms with E-state index in [9.17, 15) is 8.42 Å². The van der Waals surface area contributed by atoms with Gasteiger partial charge in [0.1, 0.15) is 0 Å². The Hall–Kier alpha value is -1.66. The molecule has 6 heteroatoms. The number of hydrogen-bond acceptors (Lipinski definition) is 4. The Balaban J connectivity index is 1.81. The molecule has 0 unspecified atom stereocenters. The van der Waals surface area contributed by atoms with Crippen LogP contribution in [0.25, 0.3) is 0 Å². The van der Waals surface area contributed by atoms with E-state index >= 15 is 0 Å². The van der Waals surface area contributed by atoms with Crippen LogP contribution in [-0.4, -0.2) is 31.0 Å². The van der Waals surface area contributed by atoms with Gasteiger partial charge in [-0.3, -0.25) is 4.68 Å². The van der Waals surface area contributed by atoms with Gasteiger partial charge < -0.3 is 5.32 Å². The first-order valence-corrected chi connectivity index (χ1v) is 8.32. The van der Waals surface area contributed by atoms with Gasteiger partial charge in [0.2, 0.25) is 0 Å². The third-order valence-corrected chi connectivity index (χ3v) is 4.29. The number of hydrogen-bond donors (Lipinski definition) is 1. The molecule has 0 fully saturated rings. The molecular weight excluding hydrogens is 274 g/mol. The monoisotopic (exact) mass is 293 g/mol. The van der Waals surface area contributed by atoms with E-state index in [2.05, 4.69) is 10.4 Å². The number of rotatable bonds is 6. The van der Waals surface area contributed by atoms with Gasteiger partial charge in [-0.25, -0.2) is 8.42 Å². The Bertz CT molecular complexity index is 660. The minimum Gasteiger partial charge on any atom is -0.312 e. The number of aryl methyl sites for hydroxylation is 1. The van der Waals surface area contributed by atoms with Crippen LogP contribution < -0.4 is 5.32 Å². The maximum Gasteiger partial charge on any atom is 0.175 e. The maximum absolute atomic E-state index is 11.3. The fraction of sp³-hybridized carbons (Fsp3) is 0.357. The summed E-state index contributed by atoms with van der Waals surface area (Å²) in [6.07, 6.45) is 3.92. The average Bonchev–Trinajstić information content (AvgIpc) is 2.80. The lowest BCUT2D eigenvalue weighted by atomic mass is 10.2. The zero-order valence-electron chi connectivity index (χ0n) is 11.7. The lowest BCUT2D eigenvalue weighted by Crippen LogP contribution is -2.17. The largest absolute Gasteiger partial charge is 0.312 e. The molecule has 0 saturated carbocycles. The molecular formula is C14H19N3O2S. The number of aromatic nitrogens is 2. The molecule has 0 amide bonds. The number of nitrogens with zero attached hydrogens (tertiary/aromatic N) is 2. The fourth-order valence-electron chi connectivity index (χ4n) is 1.95. The third kappa shape index (κ3) is 3.91. The second-order valence-electron chi connectivity index (χ2n) is 4.79. The summed E-state index contributed by atoms with van der Waals surface area (Å²) in [5, 5.41) is 7.45. The van der Waals surface area contributed by atoms with Gasteiger partial charge in [-0.05, 0) is 23.8 Å². The van der Waals surface area contributed by atoms with Gasteiger partial charge >= 0.3 is 0 Å². The molecule has 20 heavy (non-hydrogen) atoms. The van der Waals surface area contributed by atoms with Crippen LogP contribution in [0.15, 0.2) is 41.4 Å². The van der Waals surface area contributed by atoms with Crippen molar-refractivity contribution in [3.8, 4) is 0 Å². The van der Waals surface area contributed by atoms with E-state index in [4.69, 9.17) is 0 Å². The standard InChI is InChI=1S/C14H19N3O2S/c1-17-13(8-10-16-17)7-9-15-11-12-3-5-14(6-4-12)20(2,18)19/h3-6,8,10,15H,7,9,11H2,1-2H3. The normalized spacial score (nSPS) is 11.7. The number of nitrogens with one attached hydrogen (secondary N) is 1. The lowest BCUT2D eigenvalue weighted by molar-refractivity contribution is 0.601. The predicted octanol–water partition coefficient (Wildman–Crippen LogP) is 1.16. The van der Waals surface area contributed by atoms with Crippen molar-refractivity contribution in [2.24, 2.45) is 7.05 Å². The van der Waals surface area contributed by atoms with Crippen LogP contribution in [0.3, 0.4) is 0 Å². The van der Waals surface area contributed by atoms with Gasteiger partial charge in [-0.1, -0.05) is 12.1 Å². The highest BCUT2D eigenvalue weighted by atomic mass is 32.2. The van der Waals surface area contributed by atoms with E-state index in [0.29, 0.717) is 4.90 Å². The van der Waals surface area contributed by atoms with E-state index < -0.39 is 9.84 Å². The molecule has 0 radical (unpaired) electrons. The first kappa shape index (κ1) is 14.7. The molecule has 1 aromatic heterocycles. The maximum atomic E-state index is 11.3. The van der Waals surface area contributed by atoms with Gasteiger partial charge in [0.05, 0.1) is 4.90 Å². The summed E-state index contributed by atoms with van der Waals surface area (Å²) in [6.45, 7) is 1.58. The van der Waals surface area contributed by atoms with Crippen molar-refractivity contribution in [1.29, 1.82) is 0 Å². The van der Waals surface area contributed by atoms with Crippen molar-refractivity contribution in [3.05, 3.63) is 47.8 Å². The van der Waals surface area contributed by atoms with E-state index in [1.807, 2.05) is 29.9 Å². The van der Waals surface area contributed by atoms with Crippen molar-refractivity contribution < 1.29 is 8.42 Å². The number of sulfone groups is 1. The first-order valence-electron chi connectivity index (χ1n) is 6.43. The molecule has 2 aromatic rings. The van der Waals surface area contributed by atoms with Crippen LogP contribution in [0.5, 0.6) is 0 Å². The lowest BCUT2D eigenvalue weighted by Gasteiger charge is -2.06. The highest BCUT2D eigenvalue weighted by molar-refractivity contribution is 7.90. The van der Waals surface area contributed by atoms with Crippen molar-refractivity contribution in [3.63, 3.8) is 0 Å². The Morgan fingerprint density at radius 2 is 1.90 bits per heavy atom. The van der Waals surface area contributed by atoms with Gasteiger partial charge in [-0.2, -0.15) is 5.10 Å². The quantitative estimate of drug-likeness (QED) is 0.812. The molecule has 0 spiro atoms. The molecule has 1 N–H and O–H groups in total. The first-order chi connectivity index (χ1) is 9.47. The van der Waals surface area contributed by atoms with Gasteiger partial charge in [0, 0.05) is 44.7 Å². The highest BCUT2D eigenvalue weighted by Crippen LogP contribution is 2.10. The van der Waals surface area contributed by atoms with Crippen LogP contribution in [0.4, 0.5) is 0 Å². The summed E-state index contributed by atoms with van der Waals surface area (Å²) in [7, 11) is -1.18. The molecule has 0 aliphatic carbocycles. The summed E-state index contributed by atoms with van der Waals surface area (Å²) in [5.74, 6) is 0. The van der Waals surface area contributed by atoms with E-state index in [0.717, 1.165) is 25.1 Å². The molecule has 0 bridgehead atoms. The molecule has 2 rings (SSSR count). The smallest absolute Gasteiger partial charge is 0.175 e.